The van der Waals surface area contributed by atoms with Crippen molar-refractivity contribution in [3.05, 3.63) is 47.3 Å². The number of hydrogen-bond donors (Lipinski definition) is 2. The molecule has 0 bridgehead atoms. The van der Waals surface area contributed by atoms with Crippen LogP contribution in [0.2, 0.25) is 0 Å². The predicted molar refractivity (Wildman–Crippen MR) is 76.3 cm³/mol. The van der Waals surface area contributed by atoms with Gasteiger partial charge in [0.05, 0.1) is 11.4 Å². The van der Waals surface area contributed by atoms with Gasteiger partial charge in [0, 0.05) is 12.7 Å². The van der Waals surface area contributed by atoms with Crippen LogP contribution in [0.25, 0.3) is 0 Å². The van der Waals surface area contributed by atoms with Gasteiger partial charge in [-0.2, -0.15) is 5.10 Å². The average Bonchev–Trinajstić information content (AvgIpc) is 2.78. The Hall–Kier alpha value is -2.63. The highest BCUT2D eigenvalue weighted by Crippen LogP contribution is 2.12. The van der Waals surface area contributed by atoms with Gasteiger partial charge in [-0.05, 0) is 37.6 Å². The van der Waals surface area contributed by atoms with Crippen LogP contribution in [0.1, 0.15) is 28.7 Å². The van der Waals surface area contributed by atoms with E-state index in [-0.39, 0.29) is 5.91 Å². The fourth-order valence-electron chi connectivity index (χ4n) is 1.87. The Kier molecular flexibility index (Phi) is 3.84. The Morgan fingerprint density at radius 2 is 2.00 bits per heavy atom. The largest absolute Gasteiger partial charge is 0.411 e. The van der Waals surface area contributed by atoms with Crippen LogP contribution in [0.15, 0.2) is 35.5 Å². The van der Waals surface area contributed by atoms with Crippen molar-refractivity contribution < 1.29 is 10.0 Å². The Balaban J connectivity index is 2.14. The minimum Gasteiger partial charge on any atom is -0.411 e. The van der Waals surface area contributed by atoms with Crippen LogP contribution in [0.5, 0.6) is 0 Å². The van der Waals surface area contributed by atoms with Gasteiger partial charge in [-0.1, -0.05) is 17.3 Å². The first kappa shape index (κ1) is 13.8. The summed E-state index contributed by atoms with van der Waals surface area (Å²) in [6.45, 7) is 3.54. The molecule has 2 aromatic rings. The highest BCUT2D eigenvalue weighted by atomic mass is 16.4. The number of nitrogens with zero attached hydrogens (tertiary/aromatic N) is 3. The van der Waals surface area contributed by atoms with Crippen molar-refractivity contribution in [1.29, 1.82) is 0 Å². The number of carbonyl (C=O) groups excluding carboxylic acids is 1. The van der Waals surface area contributed by atoms with Gasteiger partial charge in [0.15, 0.2) is 0 Å². The molecule has 104 valence electrons. The molecule has 0 radical (unpaired) electrons. The minimum atomic E-state index is -0.214. The lowest BCUT2D eigenvalue weighted by molar-refractivity contribution is 0.101. The number of benzene rings is 1. The molecule has 1 aromatic heterocycles. The normalized spacial score (nSPS) is 11.4. The summed E-state index contributed by atoms with van der Waals surface area (Å²) in [6, 6.07) is 8.79. The van der Waals surface area contributed by atoms with E-state index < -0.39 is 0 Å². The number of aromatic nitrogens is 2. The molecule has 0 unspecified atom stereocenters. The van der Waals surface area contributed by atoms with Crippen LogP contribution in [0, 0.1) is 6.92 Å². The lowest BCUT2D eigenvalue weighted by atomic mass is 10.1. The summed E-state index contributed by atoms with van der Waals surface area (Å²) >= 11 is 0. The van der Waals surface area contributed by atoms with Crippen molar-refractivity contribution in [3.8, 4) is 0 Å². The molecule has 6 heteroatoms. The van der Waals surface area contributed by atoms with Gasteiger partial charge in [-0.25, -0.2) is 0 Å². The number of anilines is 1. The van der Waals surface area contributed by atoms with E-state index >= 15 is 0 Å². The summed E-state index contributed by atoms with van der Waals surface area (Å²) in [7, 11) is 1.73. The number of amides is 1. The van der Waals surface area contributed by atoms with Crippen LogP contribution >= 0.6 is 0 Å². The van der Waals surface area contributed by atoms with Crippen LogP contribution < -0.4 is 5.32 Å². The van der Waals surface area contributed by atoms with Crippen molar-refractivity contribution in [1.82, 2.24) is 9.78 Å². The number of oxime groups is 1. The summed E-state index contributed by atoms with van der Waals surface area (Å²) in [4.78, 5) is 12.1. The Labute approximate surface area is 116 Å². The van der Waals surface area contributed by atoms with E-state index in [1.165, 1.54) is 0 Å². The number of nitrogens with one attached hydrogen (secondary N) is 1. The van der Waals surface area contributed by atoms with Crippen molar-refractivity contribution >= 4 is 17.3 Å². The third-order valence-electron chi connectivity index (χ3n) is 2.95. The van der Waals surface area contributed by atoms with Gasteiger partial charge in [0.25, 0.3) is 5.91 Å². The predicted octanol–water partition coefficient (Wildman–Crippen LogP) is 2.18. The molecule has 1 amide bonds. The molecule has 0 fully saturated rings. The topological polar surface area (TPSA) is 79.5 Å². The molecule has 0 aliphatic heterocycles. The van der Waals surface area contributed by atoms with E-state index in [4.69, 9.17) is 5.21 Å². The van der Waals surface area contributed by atoms with Gasteiger partial charge in [-0.15, -0.1) is 0 Å². The minimum absolute atomic E-state index is 0.214. The zero-order valence-corrected chi connectivity index (χ0v) is 11.6. The standard InChI is InChI=1S/C14H16N4O2/c1-9-8-13(18(3)16-9)14(19)15-12-6-4-11(5-7-12)10(2)17-20/h4-8,20H,1-3H3,(H,15,19). The molecule has 20 heavy (non-hydrogen) atoms. The number of carbonyl (C=O) groups is 1. The zero-order valence-electron chi connectivity index (χ0n) is 11.6. The van der Waals surface area contributed by atoms with E-state index in [9.17, 15) is 4.79 Å². The van der Waals surface area contributed by atoms with Crippen LogP contribution in [0.3, 0.4) is 0 Å². The van der Waals surface area contributed by atoms with Gasteiger partial charge in [0.1, 0.15) is 5.69 Å². The maximum absolute atomic E-state index is 12.1. The van der Waals surface area contributed by atoms with E-state index in [0.29, 0.717) is 17.1 Å². The quantitative estimate of drug-likeness (QED) is 0.510. The third kappa shape index (κ3) is 2.85. The molecule has 6 nitrogen and oxygen atoms in total. The maximum atomic E-state index is 12.1. The summed E-state index contributed by atoms with van der Waals surface area (Å²) in [6.07, 6.45) is 0. The molecule has 1 aromatic carbocycles. The monoisotopic (exact) mass is 272 g/mol. The second-order valence-corrected chi connectivity index (χ2v) is 4.51. The summed E-state index contributed by atoms with van der Waals surface area (Å²) < 4.78 is 1.54. The van der Waals surface area contributed by atoms with E-state index in [2.05, 4.69) is 15.6 Å². The van der Waals surface area contributed by atoms with Crippen LogP contribution in [0.4, 0.5) is 5.69 Å². The number of hydrogen-bond acceptors (Lipinski definition) is 4. The molecule has 0 aliphatic carbocycles. The fourth-order valence-corrected chi connectivity index (χ4v) is 1.87. The van der Waals surface area contributed by atoms with E-state index in [0.717, 1.165) is 11.3 Å². The van der Waals surface area contributed by atoms with E-state index in [1.54, 1.807) is 49.0 Å². The Bertz CT molecular complexity index is 656. The van der Waals surface area contributed by atoms with Crippen LogP contribution in [-0.2, 0) is 7.05 Å². The smallest absolute Gasteiger partial charge is 0.273 e. The van der Waals surface area contributed by atoms with Gasteiger partial charge in [0.2, 0.25) is 0 Å². The van der Waals surface area contributed by atoms with Gasteiger partial charge >= 0.3 is 0 Å². The second-order valence-electron chi connectivity index (χ2n) is 4.51. The summed E-state index contributed by atoms with van der Waals surface area (Å²) in [5.41, 5.74) is 3.28. The molecular weight excluding hydrogens is 256 g/mol. The summed E-state index contributed by atoms with van der Waals surface area (Å²) in [5.74, 6) is -0.214. The molecule has 0 atom stereocenters. The zero-order chi connectivity index (χ0) is 14.7. The van der Waals surface area contributed by atoms with Crippen molar-refractivity contribution in [2.24, 2.45) is 12.2 Å². The first-order chi connectivity index (χ1) is 9.51. The SMILES string of the molecule is CC(=NO)c1ccc(NC(=O)c2cc(C)nn2C)cc1. The highest BCUT2D eigenvalue weighted by molar-refractivity contribution is 6.03. The molecule has 1 heterocycles. The lowest BCUT2D eigenvalue weighted by Crippen LogP contribution is -2.16. The fraction of sp³-hybridized carbons (Fsp3) is 0.214. The van der Waals surface area contributed by atoms with Crippen molar-refractivity contribution in [3.63, 3.8) is 0 Å². The highest BCUT2D eigenvalue weighted by Gasteiger charge is 2.11. The number of rotatable bonds is 3. The van der Waals surface area contributed by atoms with Gasteiger partial charge < -0.3 is 10.5 Å². The molecule has 0 saturated carbocycles. The Morgan fingerprint density at radius 1 is 1.35 bits per heavy atom. The first-order valence-electron chi connectivity index (χ1n) is 6.12. The van der Waals surface area contributed by atoms with E-state index in [1.807, 2.05) is 6.92 Å². The second kappa shape index (κ2) is 5.56. The molecule has 0 spiro atoms. The third-order valence-corrected chi connectivity index (χ3v) is 2.95. The van der Waals surface area contributed by atoms with Crippen molar-refractivity contribution in [2.45, 2.75) is 13.8 Å². The first-order valence-corrected chi connectivity index (χ1v) is 6.12. The van der Waals surface area contributed by atoms with Crippen LogP contribution in [-0.4, -0.2) is 26.6 Å². The summed E-state index contributed by atoms with van der Waals surface area (Å²) in [5, 5.41) is 18.8. The Morgan fingerprint density at radius 3 is 2.50 bits per heavy atom. The molecule has 2 rings (SSSR count). The number of aryl methyl sites for hydroxylation is 2. The molecule has 0 saturated heterocycles. The molecular formula is C14H16N4O2. The van der Waals surface area contributed by atoms with Gasteiger partial charge in [-0.3, -0.25) is 9.48 Å². The maximum Gasteiger partial charge on any atom is 0.273 e. The lowest BCUT2D eigenvalue weighted by Gasteiger charge is -2.06. The molecule has 0 aliphatic rings. The van der Waals surface area contributed by atoms with Crippen molar-refractivity contribution in [2.75, 3.05) is 5.32 Å². The molecule has 2 N–H and O–H groups in total. The average molecular weight is 272 g/mol.